The van der Waals surface area contributed by atoms with E-state index >= 15 is 0 Å². The third kappa shape index (κ3) is 4.64. The Balaban J connectivity index is 2.28. The SMILES string of the molecule is CC(=O)N1CCN(CC(=O)NC(C)C(C)C)CC1. The minimum absolute atomic E-state index is 0.0764. The second-order valence-electron chi connectivity index (χ2n) is 5.38. The molecule has 1 saturated heterocycles. The summed E-state index contributed by atoms with van der Waals surface area (Å²) in [5.41, 5.74) is 0. The number of nitrogens with zero attached hydrogens (tertiary/aromatic N) is 2. The van der Waals surface area contributed by atoms with Crippen molar-refractivity contribution in [2.75, 3.05) is 32.7 Å². The van der Waals surface area contributed by atoms with Gasteiger partial charge in [-0.2, -0.15) is 0 Å². The van der Waals surface area contributed by atoms with Crippen LogP contribution in [0.5, 0.6) is 0 Å². The van der Waals surface area contributed by atoms with E-state index in [2.05, 4.69) is 24.1 Å². The van der Waals surface area contributed by atoms with Crippen molar-refractivity contribution in [2.24, 2.45) is 5.92 Å². The topological polar surface area (TPSA) is 52.7 Å². The summed E-state index contributed by atoms with van der Waals surface area (Å²) in [6.45, 7) is 11.2. The highest BCUT2D eigenvalue weighted by Crippen LogP contribution is 2.03. The number of amides is 2. The number of carbonyl (C=O) groups is 2. The highest BCUT2D eigenvalue weighted by Gasteiger charge is 2.21. The number of hydrogen-bond donors (Lipinski definition) is 1. The van der Waals surface area contributed by atoms with Crippen LogP contribution in [-0.4, -0.2) is 60.4 Å². The highest BCUT2D eigenvalue weighted by atomic mass is 16.2. The lowest BCUT2D eigenvalue weighted by Crippen LogP contribution is -2.51. The van der Waals surface area contributed by atoms with Gasteiger partial charge in [-0.05, 0) is 12.8 Å². The first-order chi connectivity index (χ1) is 8.40. The molecule has 18 heavy (non-hydrogen) atoms. The van der Waals surface area contributed by atoms with Gasteiger partial charge < -0.3 is 10.2 Å². The molecule has 1 heterocycles. The Bertz CT molecular complexity index is 297. The standard InChI is InChI=1S/C13H25N3O2/c1-10(2)11(3)14-13(18)9-15-5-7-16(8-6-15)12(4)17/h10-11H,5-9H2,1-4H3,(H,14,18). The van der Waals surface area contributed by atoms with Crippen molar-refractivity contribution in [3.8, 4) is 0 Å². The Morgan fingerprint density at radius 1 is 1.11 bits per heavy atom. The first kappa shape index (κ1) is 15.0. The first-order valence-corrected chi connectivity index (χ1v) is 6.67. The summed E-state index contributed by atoms with van der Waals surface area (Å²) < 4.78 is 0. The molecule has 1 N–H and O–H groups in total. The van der Waals surface area contributed by atoms with E-state index in [0.717, 1.165) is 26.2 Å². The van der Waals surface area contributed by atoms with Crippen LogP contribution in [0, 0.1) is 5.92 Å². The highest BCUT2D eigenvalue weighted by molar-refractivity contribution is 5.78. The molecule has 2 amide bonds. The van der Waals surface area contributed by atoms with Crippen molar-refractivity contribution >= 4 is 11.8 Å². The van der Waals surface area contributed by atoms with Crippen LogP contribution >= 0.6 is 0 Å². The van der Waals surface area contributed by atoms with E-state index in [0.29, 0.717) is 12.5 Å². The van der Waals surface area contributed by atoms with Gasteiger partial charge in [-0.3, -0.25) is 14.5 Å². The molecular formula is C13H25N3O2. The smallest absolute Gasteiger partial charge is 0.234 e. The third-order valence-corrected chi connectivity index (χ3v) is 3.57. The summed E-state index contributed by atoms with van der Waals surface area (Å²) in [5, 5.41) is 3.00. The average molecular weight is 255 g/mol. The normalized spacial score (nSPS) is 18.8. The average Bonchev–Trinajstić information content (AvgIpc) is 2.29. The Morgan fingerprint density at radius 3 is 2.11 bits per heavy atom. The Kier molecular flexibility index (Phi) is 5.59. The molecule has 1 rings (SSSR count). The lowest BCUT2D eigenvalue weighted by molar-refractivity contribution is -0.131. The molecule has 0 radical (unpaired) electrons. The van der Waals surface area contributed by atoms with Crippen LogP contribution in [-0.2, 0) is 9.59 Å². The van der Waals surface area contributed by atoms with E-state index in [4.69, 9.17) is 0 Å². The molecule has 0 aromatic heterocycles. The van der Waals surface area contributed by atoms with Gasteiger partial charge in [0.05, 0.1) is 6.54 Å². The van der Waals surface area contributed by atoms with Crippen molar-refractivity contribution in [3.05, 3.63) is 0 Å². The summed E-state index contributed by atoms with van der Waals surface area (Å²) in [7, 11) is 0. The largest absolute Gasteiger partial charge is 0.352 e. The van der Waals surface area contributed by atoms with E-state index in [1.54, 1.807) is 6.92 Å². The predicted molar refractivity (Wildman–Crippen MR) is 71.1 cm³/mol. The van der Waals surface area contributed by atoms with E-state index < -0.39 is 0 Å². The van der Waals surface area contributed by atoms with E-state index in [1.165, 1.54) is 0 Å². The van der Waals surface area contributed by atoms with Gasteiger partial charge in [0.15, 0.2) is 0 Å². The van der Waals surface area contributed by atoms with E-state index in [9.17, 15) is 9.59 Å². The minimum Gasteiger partial charge on any atom is -0.352 e. The Labute approximate surface area is 110 Å². The monoisotopic (exact) mass is 255 g/mol. The fraction of sp³-hybridized carbons (Fsp3) is 0.846. The molecule has 0 aliphatic carbocycles. The molecule has 1 aliphatic rings. The van der Waals surface area contributed by atoms with Crippen molar-refractivity contribution < 1.29 is 9.59 Å². The predicted octanol–water partition coefficient (Wildman–Crippen LogP) is 0.311. The summed E-state index contributed by atoms with van der Waals surface area (Å²) in [6.07, 6.45) is 0. The van der Waals surface area contributed by atoms with Gasteiger partial charge in [0, 0.05) is 39.1 Å². The maximum atomic E-state index is 11.8. The number of piperazine rings is 1. The summed E-state index contributed by atoms with van der Waals surface area (Å²) >= 11 is 0. The number of carbonyl (C=O) groups excluding carboxylic acids is 2. The van der Waals surface area contributed by atoms with Crippen LogP contribution < -0.4 is 5.32 Å². The van der Waals surface area contributed by atoms with Gasteiger partial charge >= 0.3 is 0 Å². The maximum absolute atomic E-state index is 11.8. The zero-order valence-electron chi connectivity index (χ0n) is 11.9. The van der Waals surface area contributed by atoms with Crippen LogP contribution in [0.4, 0.5) is 0 Å². The molecule has 0 bridgehead atoms. The zero-order valence-corrected chi connectivity index (χ0v) is 11.9. The van der Waals surface area contributed by atoms with Crippen molar-refractivity contribution in [1.29, 1.82) is 0 Å². The van der Waals surface area contributed by atoms with Crippen LogP contribution in [0.25, 0.3) is 0 Å². The molecule has 0 saturated carbocycles. The molecule has 1 fully saturated rings. The summed E-state index contributed by atoms with van der Waals surface area (Å²) in [4.78, 5) is 26.9. The molecule has 0 spiro atoms. The van der Waals surface area contributed by atoms with Gasteiger partial charge in [-0.15, -0.1) is 0 Å². The fourth-order valence-corrected chi connectivity index (χ4v) is 1.89. The van der Waals surface area contributed by atoms with Gasteiger partial charge in [0.25, 0.3) is 0 Å². The molecule has 1 atom stereocenters. The van der Waals surface area contributed by atoms with Gasteiger partial charge in [0.1, 0.15) is 0 Å². The number of hydrogen-bond acceptors (Lipinski definition) is 3. The van der Waals surface area contributed by atoms with Crippen LogP contribution in [0.15, 0.2) is 0 Å². The van der Waals surface area contributed by atoms with Crippen LogP contribution in [0.2, 0.25) is 0 Å². The van der Waals surface area contributed by atoms with Gasteiger partial charge in [-0.1, -0.05) is 13.8 Å². The van der Waals surface area contributed by atoms with Crippen molar-refractivity contribution in [3.63, 3.8) is 0 Å². The van der Waals surface area contributed by atoms with E-state index in [1.807, 2.05) is 11.8 Å². The third-order valence-electron chi connectivity index (χ3n) is 3.57. The second-order valence-corrected chi connectivity index (χ2v) is 5.38. The molecule has 1 unspecified atom stereocenters. The van der Waals surface area contributed by atoms with Crippen LogP contribution in [0.3, 0.4) is 0 Å². The number of nitrogens with one attached hydrogen (secondary N) is 1. The Morgan fingerprint density at radius 2 is 1.67 bits per heavy atom. The second kappa shape index (κ2) is 6.73. The lowest BCUT2D eigenvalue weighted by atomic mass is 10.1. The van der Waals surface area contributed by atoms with Crippen molar-refractivity contribution in [2.45, 2.75) is 33.7 Å². The maximum Gasteiger partial charge on any atom is 0.234 e. The van der Waals surface area contributed by atoms with Gasteiger partial charge in [0.2, 0.25) is 11.8 Å². The van der Waals surface area contributed by atoms with Crippen molar-refractivity contribution in [1.82, 2.24) is 15.1 Å². The summed E-state index contributed by atoms with van der Waals surface area (Å²) in [5.74, 6) is 0.642. The molecule has 104 valence electrons. The quantitative estimate of drug-likeness (QED) is 0.786. The molecule has 0 aromatic carbocycles. The number of rotatable bonds is 4. The van der Waals surface area contributed by atoms with Crippen LogP contribution in [0.1, 0.15) is 27.7 Å². The minimum atomic E-state index is 0.0764. The summed E-state index contributed by atoms with van der Waals surface area (Å²) in [6, 6.07) is 0.205. The van der Waals surface area contributed by atoms with E-state index in [-0.39, 0.29) is 17.9 Å². The molecule has 5 heteroatoms. The first-order valence-electron chi connectivity index (χ1n) is 6.67. The molecule has 1 aliphatic heterocycles. The lowest BCUT2D eigenvalue weighted by Gasteiger charge is -2.34. The molecule has 5 nitrogen and oxygen atoms in total. The van der Waals surface area contributed by atoms with Gasteiger partial charge in [-0.25, -0.2) is 0 Å². The fourth-order valence-electron chi connectivity index (χ4n) is 1.89. The molecular weight excluding hydrogens is 230 g/mol. The molecule has 0 aromatic rings. The zero-order chi connectivity index (χ0) is 13.7. The Hall–Kier alpha value is -1.10.